The molecule has 5 unspecified atom stereocenters. The van der Waals surface area contributed by atoms with Gasteiger partial charge < -0.3 is 10.2 Å². The Labute approximate surface area is 85.3 Å². The van der Waals surface area contributed by atoms with E-state index in [-0.39, 0.29) is 18.1 Å². The standard InChI is InChI=1S/C12H20O2/c1-8-3-4-11-6-10(11,2)5-9(14)12(8,11)7-13/h8-9,13-14H,3-7H2,1-2H3. The van der Waals surface area contributed by atoms with Crippen LogP contribution in [0, 0.1) is 22.2 Å². The lowest BCUT2D eigenvalue weighted by molar-refractivity contribution is -0.0556. The van der Waals surface area contributed by atoms with Crippen molar-refractivity contribution >= 4 is 0 Å². The topological polar surface area (TPSA) is 40.5 Å². The number of hydrogen-bond acceptors (Lipinski definition) is 2. The minimum atomic E-state index is -0.260. The van der Waals surface area contributed by atoms with Gasteiger partial charge in [0, 0.05) is 5.41 Å². The molecule has 0 aliphatic heterocycles. The highest BCUT2D eigenvalue weighted by molar-refractivity contribution is 5.31. The first-order valence-electron chi connectivity index (χ1n) is 5.81. The Kier molecular flexibility index (Phi) is 1.44. The smallest absolute Gasteiger partial charge is 0.0631 e. The summed E-state index contributed by atoms with van der Waals surface area (Å²) in [6, 6.07) is 0. The fourth-order valence-corrected chi connectivity index (χ4v) is 5.10. The maximum atomic E-state index is 10.2. The summed E-state index contributed by atoms with van der Waals surface area (Å²) in [5, 5.41) is 19.9. The number of hydrogen-bond donors (Lipinski definition) is 2. The molecule has 0 aromatic heterocycles. The molecule has 14 heavy (non-hydrogen) atoms. The molecule has 0 aromatic carbocycles. The van der Waals surface area contributed by atoms with Gasteiger partial charge in [0.05, 0.1) is 12.7 Å². The molecule has 2 N–H and O–H groups in total. The van der Waals surface area contributed by atoms with Crippen LogP contribution in [-0.4, -0.2) is 22.9 Å². The summed E-state index contributed by atoms with van der Waals surface area (Å²) < 4.78 is 0. The predicted molar refractivity (Wildman–Crippen MR) is 53.7 cm³/mol. The van der Waals surface area contributed by atoms with Crippen molar-refractivity contribution < 1.29 is 10.2 Å². The van der Waals surface area contributed by atoms with Gasteiger partial charge in [-0.1, -0.05) is 13.8 Å². The lowest BCUT2D eigenvalue weighted by Gasteiger charge is -2.38. The average molecular weight is 196 g/mol. The van der Waals surface area contributed by atoms with Gasteiger partial charge in [-0.05, 0) is 42.4 Å². The van der Waals surface area contributed by atoms with Crippen LogP contribution in [-0.2, 0) is 0 Å². The lowest BCUT2D eigenvalue weighted by Crippen LogP contribution is -2.43. The van der Waals surface area contributed by atoms with E-state index >= 15 is 0 Å². The predicted octanol–water partition coefficient (Wildman–Crippen LogP) is 1.56. The van der Waals surface area contributed by atoms with Crippen molar-refractivity contribution in [1.29, 1.82) is 0 Å². The van der Waals surface area contributed by atoms with E-state index in [4.69, 9.17) is 0 Å². The highest BCUT2D eigenvalue weighted by Gasteiger charge is 2.82. The van der Waals surface area contributed by atoms with Crippen LogP contribution in [0.4, 0.5) is 0 Å². The van der Waals surface area contributed by atoms with E-state index in [1.807, 2.05) is 0 Å². The zero-order valence-electron chi connectivity index (χ0n) is 9.08. The summed E-state index contributed by atoms with van der Waals surface area (Å²) in [5.74, 6) is 0.492. The minimum Gasteiger partial charge on any atom is -0.396 e. The van der Waals surface area contributed by atoms with Crippen molar-refractivity contribution in [3.8, 4) is 0 Å². The van der Waals surface area contributed by atoms with Gasteiger partial charge in [0.2, 0.25) is 0 Å². The van der Waals surface area contributed by atoms with E-state index in [1.54, 1.807) is 0 Å². The van der Waals surface area contributed by atoms with E-state index in [9.17, 15) is 10.2 Å². The highest BCUT2D eigenvalue weighted by Crippen LogP contribution is 2.86. The summed E-state index contributed by atoms with van der Waals surface area (Å²) in [5.41, 5.74) is 0.495. The van der Waals surface area contributed by atoms with E-state index in [2.05, 4.69) is 13.8 Å². The summed E-state index contributed by atoms with van der Waals surface area (Å²) in [7, 11) is 0. The summed E-state index contributed by atoms with van der Waals surface area (Å²) >= 11 is 0. The average Bonchev–Trinajstić information content (AvgIpc) is 2.48. The second kappa shape index (κ2) is 2.19. The van der Waals surface area contributed by atoms with Crippen molar-refractivity contribution in [3.05, 3.63) is 0 Å². The number of rotatable bonds is 1. The van der Waals surface area contributed by atoms with Gasteiger partial charge in [0.25, 0.3) is 0 Å². The molecule has 5 atom stereocenters. The van der Waals surface area contributed by atoms with Crippen molar-refractivity contribution in [3.63, 3.8) is 0 Å². The molecule has 0 radical (unpaired) electrons. The Morgan fingerprint density at radius 2 is 2.14 bits per heavy atom. The largest absolute Gasteiger partial charge is 0.396 e. The second-order valence-corrected chi connectivity index (χ2v) is 6.18. The molecule has 2 nitrogen and oxygen atoms in total. The lowest BCUT2D eigenvalue weighted by atomic mass is 9.69. The molecular formula is C12H20O2. The Bertz CT molecular complexity index is 290. The molecule has 1 spiro atoms. The first-order chi connectivity index (χ1) is 6.52. The van der Waals surface area contributed by atoms with E-state index in [1.165, 1.54) is 19.3 Å². The first kappa shape index (κ1) is 9.17. The zero-order chi connectivity index (χ0) is 10.2. The van der Waals surface area contributed by atoms with Crippen LogP contribution in [0.25, 0.3) is 0 Å². The van der Waals surface area contributed by atoms with Crippen molar-refractivity contribution in [2.75, 3.05) is 6.61 Å². The molecule has 0 amide bonds. The molecule has 0 bridgehead atoms. The Hall–Kier alpha value is -0.0800. The van der Waals surface area contributed by atoms with E-state index in [0.717, 1.165) is 6.42 Å². The Morgan fingerprint density at radius 3 is 2.71 bits per heavy atom. The van der Waals surface area contributed by atoms with Gasteiger partial charge in [0.15, 0.2) is 0 Å². The quantitative estimate of drug-likeness (QED) is 0.668. The van der Waals surface area contributed by atoms with Crippen LogP contribution in [0.2, 0.25) is 0 Å². The van der Waals surface area contributed by atoms with Crippen LogP contribution >= 0.6 is 0 Å². The number of aliphatic hydroxyl groups excluding tert-OH is 2. The molecule has 3 aliphatic rings. The third-order valence-electron chi connectivity index (χ3n) is 6.00. The van der Waals surface area contributed by atoms with Crippen molar-refractivity contribution in [1.82, 2.24) is 0 Å². The van der Waals surface area contributed by atoms with Crippen LogP contribution < -0.4 is 0 Å². The van der Waals surface area contributed by atoms with Gasteiger partial charge >= 0.3 is 0 Å². The third-order valence-corrected chi connectivity index (χ3v) is 6.00. The van der Waals surface area contributed by atoms with Crippen LogP contribution in [0.15, 0.2) is 0 Å². The Balaban J connectivity index is 2.11. The fourth-order valence-electron chi connectivity index (χ4n) is 5.10. The van der Waals surface area contributed by atoms with Gasteiger partial charge in [-0.15, -0.1) is 0 Å². The minimum absolute atomic E-state index is 0.151. The van der Waals surface area contributed by atoms with Crippen LogP contribution in [0.5, 0.6) is 0 Å². The van der Waals surface area contributed by atoms with Crippen LogP contribution in [0.3, 0.4) is 0 Å². The molecule has 0 aromatic rings. The fraction of sp³-hybridized carbons (Fsp3) is 1.00. The summed E-state index contributed by atoms with van der Waals surface area (Å²) in [6.07, 6.45) is 4.30. The normalized spacial score (nSPS) is 65.1. The van der Waals surface area contributed by atoms with Crippen molar-refractivity contribution in [2.24, 2.45) is 22.2 Å². The molecule has 3 saturated carbocycles. The molecule has 2 heteroatoms. The SMILES string of the molecule is CC1CCC23CC2(C)CC(O)C13CO. The third kappa shape index (κ3) is 0.619. The highest BCUT2D eigenvalue weighted by atomic mass is 16.3. The van der Waals surface area contributed by atoms with Gasteiger partial charge in [-0.3, -0.25) is 0 Å². The molecule has 3 rings (SSSR count). The molecule has 80 valence electrons. The Morgan fingerprint density at radius 1 is 1.43 bits per heavy atom. The van der Waals surface area contributed by atoms with E-state index in [0.29, 0.717) is 16.7 Å². The van der Waals surface area contributed by atoms with Crippen molar-refractivity contribution in [2.45, 2.75) is 45.6 Å². The maximum absolute atomic E-state index is 10.2. The summed E-state index contributed by atoms with van der Waals surface area (Å²) in [4.78, 5) is 0. The molecule has 0 saturated heterocycles. The molecular weight excluding hydrogens is 176 g/mol. The number of aliphatic hydroxyl groups is 2. The molecule has 3 aliphatic carbocycles. The second-order valence-electron chi connectivity index (χ2n) is 6.18. The molecule has 3 fully saturated rings. The maximum Gasteiger partial charge on any atom is 0.0631 e. The monoisotopic (exact) mass is 196 g/mol. The van der Waals surface area contributed by atoms with Gasteiger partial charge in [-0.25, -0.2) is 0 Å². The molecule has 0 heterocycles. The van der Waals surface area contributed by atoms with Gasteiger partial charge in [0.1, 0.15) is 0 Å². The summed E-state index contributed by atoms with van der Waals surface area (Å²) in [6.45, 7) is 4.69. The van der Waals surface area contributed by atoms with Gasteiger partial charge in [-0.2, -0.15) is 0 Å². The first-order valence-corrected chi connectivity index (χ1v) is 5.81. The zero-order valence-corrected chi connectivity index (χ0v) is 9.08. The van der Waals surface area contributed by atoms with Crippen LogP contribution in [0.1, 0.15) is 39.5 Å². The van der Waals surface area contributed by atoms with E-state index < -0.39 is 0 Å².